The van der Waals surface area contributed by atoms with Crippen molar-refractivity contribution in [3.05, 3.63) is 0 Å². The van der Waals surface area contributed by atoms with Gasteiger partial charge in [0.25, 0.3) is 0 Å². The number of hydrogen-bond donors (Lipinski definition) is 1. The summed E-state index contributed by atoms with van der Waals surface area (Å²) >= 11 is 0. The maximum atomic E-state index is 10.9. The van der Waals surface area contributed by atoms with Gasteiger partial charge in [-0.25, -0.2) is 4.79 Å². The number of hydrogen-bond acceptors (Lipinski definition) is 2. The smallest absolute Gasteiger partial charge is 0.407 e. The summed E-state index contributed by atoms with van der Waals surface area (Å²) in [7, 11) is 0. The first-order valence-corrected chi connectivity index (χ1v) is 5.35. The van der Waals surface area contributed by atoms with Crippen LogP contribution in [0.2, 0.25) is 0 Å². The average Bonchev–Trinajstić information content (AvgIpc) is 2.91. The Morgan fingerprint density at radius 1 is 1.21 bits per heavy atom. The molecular weight excluding hydrogens is 180 g/mol. The third-order valence-electron chi connectivity index (χ3n) is 3.30. The third kappa shape index (κ3) is 1.71. The van der Waals surface area contributed by atoms with Crippen LogP contribution in [0.15, 0.2) is 0 Å². The van der Waals surface area contributed by atoms with Crippen LogP contribution in [0.5, 0.6) is 0 Å². The lowest BCUT2D eigenvalue weighted by Crippen LogP contribution is -2.58. The zero-order chi connectivity index (χ0) is 10.3. The van der Waals surface area contributed by atoms with Crippen molar-refractivity contribution in [3.63, 3.8) is 0 Å². The zero-order valence-corrected chi connectivity index (χ0v) is 8.81. The Labute approximate surface area is 84.5 Å². The number of carbonyl (C=O) groups is 1. The summed E-state index contributed by atoms with van der Waals surface area (Å²) in [4.78, 5) is 14.9. The Morgan fingerprint density at radius 2 is 1.86 bits per heavy atom. The first-order chi connectivity index (χ1) is 6.59. The number of carboxylic acid groups (broad SMARTS) is 1. The van der Waals surface area contributed by atoms with E-state index in [0.717, 1.165) is 12.6 Å². The van der Waals surface area contributed by atoms with Gasteiger partial charge < -0.3 is 10.0 Å². The fourth-order valence-corrected chi connectivity index (χ4v) is 2.33. The van der Waals surface area contributed by atoms with Crippen LogP contribution in [0.3, 0.4) is 0 Å². The maximum absolute atomic E-state index is 10.9. The molecule has 0 aromatic heterocycles. The largest absolute Gasteiger partial charge is 0.465 e. The fraction of sp³-hybridized carbons (Fsp3) is 0.900. The predicted octanol–water partition coefficient (Wildman–Crippen LogP) is 1.22. The normalized spacial score (nSPS) is 34.6. The molecule has 2 atom stereocenters. The van der Waals surface area contributed by atoms with Crippen LogP contribution in [0, 0.1) is 0 Å². The molecule has 0 unspecified atom stereocenters. The Morgan fingerprint density at radius 3 is 2.36 bits per heavy atom. The van der Waals surface area contributed by atoms with Gasteiger partial charge in [0.15, 0.2) is 0 Å². The molecule has 1 saturated heterocycles. The molecule has 4 heteroatoms. The van der Waals surface area contributed by atoms with Crippen LogP contribution in [-0.4, -0.2) is 52.2 Å². The van der Waals surface area contributed by atoms with Crippen molar-refractivity contribution >= 4 is 6.09 Å². The molecule has 1 saturated carbocycles. The molecule has 0 aromatic rings. The van der Waals surface area contributed by atoms with E-state index in [1.54, 1.807) is 4.90 Å². The SMILES string of the molecule is C[C@@H]1CN(C(=O)O)[C@@H](C)CN1C1CC1. The number of nitrogens with zero attached hydrogens (tertiary/aromatic N) is 2. The minimum Gasteiger partial charge on any atom is -0.465 e. The monoisotopic (exact) mass is 198 g/mol. The molecule has 14 heavy (non-hydrogen) atoms. The summed E-state index contributed by atoms with van der Waals surface area (Å²) in [5.41, 5.74) is 0. The summed E-state index contributed by atoms with van der Waals surface area (Å²) in [6.45, 7) is 5.68. The Bertz CT molecular complexity index is 240. The highest BCUT2D eigenvalue weighted by Gasteiger charge is 2.39. The highest BCUT2D eigenvalue weighted by atomic mass is 16.4. The summed E-state index contributed by atoms with van der Waals surface area (Å²) < 4.78 is 0. The predicted molar refractivity (Wildman–Crippen MR) is 53.4 cm³/mol. The van der Waals surface area contributed by atoms with Gasteiger partial charge in [-0.1, -0.05) is 0 Å². The van der Waals surface area contributed by atoms with Gasteiger partial charge in [-0.15, -0.1) is 0 Å². The lowest BCUT2D eigenvalue weighted by Gasteiger charge is -2.43. The van der Waals surface area contributed by atoms with Crippen LogP contribution < -0.4 is 0 Å². The molecule has 2 aliphatic rings. The van der Waals surface area contributed by atoms with E-state index in [-0.39, 0.29) is 6.04 Å². The summed E-state index contributed by atoms with van der Waals surface area (Å²) in [6, 6.07) is 1.27. The summed E-state index contributed by atoms with van der Waals surface area (Å²) in [5, 5.41) is 8.97. The topological polar surface area (TPSA) is 43.8 Å². The fourth-order valence-electron chi connectivity index (χ4n) is 2.33. The second-order valence-corrected chi connectivity index (χ2v) is 4.56. The Hall–Kier alpha value is -0.770. The van der Waals surface area contributed by atoms with Gasteiger partial charge >= 0.3 is 6.09 Å². The molecule has 2 rings (SSSR count). The molecule has 0 radical (unpaired) electrons. The summed E-state index contributed by atoms with van der Waals surface area (Å²) in [6.07, 6.45) is 1.81. The van der Waals surface area contributed by atoms with E-state index in [0.29, 0.717) is 12.6 Å². The minimum absolute atomic E-state index is 0.143. The van der Waals surface area contributed by atoms with Gasteiger partial charge in [-0.2, -0.15) is 0 Å². The van der Waals surface area contributed by atoms with Gasteiger partial charge in [0.2, 0.25) is 0 Å². The van der Waals surface area contributed by atoms with Crippen molar-refractivity contribution < 1.29 is 9.90 Å². The third-order valence-corrected chi connectivity index (χ3v) is 3.30. The van der Waals surface area contributed by atoms with E-state index in [1.165, 1.54) is 12.8 Å². The first-order valence-electron chi connectivity index (χ1n) is 5.35. The average molecular weight is 198 g/mol. The van der Waals surface area contributed by atoms with Crippen LogP contribution in [0.25, 0.3) is 0 Å². The van der Waals surface area contributed by atoms with Gasteiger partial charge in [-0.05, 0) is 26.7 Å². The molecule has 2 fully saturated rings. The molecule has 0 spiro atoms. The van der Waals surface area contributed by atoms with E-state index < -0.39 is 6.09 Å². The van der Waals surface area contributed by atoms with E-state index in [9.17, 15) is 4.79 Å². The van der Waals surface area contributed by atoms with Gasteiger partial charge in [-0.3, -0.25) is 4.90 Å². The Kier molecular flexibility index (Phi) is 2.39. The van der Waals surface area contributed by atoms with Crippen LogP contribution in [0.4, 0.5) is 4.79 Å². The molecule has 1 aliphatic heterocycles. The molecule has 4 nitrogen and oxygen atoms in total. The highest BCUT2D eigenvalue weighted by Crippen LogP contribution is 2.31. The van der Waals surface area contributed by atoms with Crippen LogP contribution in [-0.2, 0) is 0 Å². The second kappa shape index (κ2) is 3.42. The van der Waals surface area contributed by atoms with Crippen LogP contribution in [0.1, 0.15) is 26.7 Å². The number of piperazine rings is 1. The lowest BCUT2D eigenvalue weighted by molar-refractivity contribution is 0.0394. The quantitative estimate of drug-likeness (QED) is 0.689. The molecular formula is C10H18N2O2. The van der Waals surface area contributed by atoms with Crippen LogP contribution >= 0.6 is 0 Å². The van der Waals surface area contributed by atoms with Gasteiger partial charge in [0, 0.05) is 31.2 Å². The zero-order valence-electron chi connectivity index (χ0n) is 8.81. The molecule has 1 N–H and O–H groups in total. The van der Waals surface area contributed by atoms with E-state index >= 15 is 0 Å². The number of amides is 1. The Balaban J connectivity index is 2.00. The van der Waals surface area contributed by atoms with E-state index in [4.69, 9.17) is 5.11 Å². The lowest BCUT2D eigenvalue weighted by atomic mass is 10.1. The second-order valence-electron chi connectivity index (χ2n) is 4.56. The molecule has 80 valence electrons. The van der Waals surface area contributed by atoms with Crippen molar-refractivity contribution in [1.82, 2.24) is 9.80 Å². The van der Waals surface area contributed by atoms with E-state index in [2.05, 4.69) is 11.8 Å². The summed E-state index contributed by atoms with van der Waals surface area (Å²) in [5.74, 6) is 0. The van der Waals surface area contributed by atoms with Gasteiger partial charge in [0.1, 0.15) is 0 Å². The molecule has 1 aliphatic carbocycles. The van der Waals surface area contributed by atoms with Crippen molar-refractivity contribution in [3.8, 4) is 0 Å². The van der Waals surface area contributed by atoms with Crippen molar-refractivity contribution in [2.75, 3.05) is 13.1 Å². The first kappa shape index (κ1) is 9.77. The van der Waals surface area contributed by atoms with Crippen molar-refractivity contribution in [1.29, 1.82) is 0 Å². The molecule has 0 bridgehead atoms. The molecule has 0 aromatic carbocycles. The minimum atomic E-state index is -0.778. The van der Waals surface area contributed by atoms with E-state index in [1.807, 2.05) is 6.92 Å². The van der Waals surface area contributed by atoms with Crippen molar-refractivity contribution in [2.45, 2.75) is 44.8 Å². The van der Waals surface area contributed by atoms with Gasteiger partial charge in [0.05, 0.1) is 0 Å². The molecule has 1 amide bonds. The van der Waals surface area contributed by atoms with Crippen molar-refractivity contribution in [2.24, 2.45) is 0 Å². The standard InChI is InChI=1S/C10H18N2O2/c1-7-6-12(10(13)14)8(2)5-11(7)9-3-4-9/h7-9H,3-6H2,1-2H3,(H,13,14)/t7-,8+/m1/s1. The molecule has 1 heterocycles. The number of rotatable bonds is 1. The highest BCUT2D eigenvalue weighted by molar-refractivity contribution is 5.65. The maximum Gasteiger partial charge on any atom is 0.407 e.